The molecule has 1 amide bonds. The van der Waals surface area contributed by atoms with Gasteiger partial charge in [-0.1, -0.05) is 6.92 Å². The molecule has 0 aromatic rings. The fraction of sp³-hybridized carbons (Fsp3) is 0.917. The molecule has 112 valence electrons. The molecule has 0 bridgehead atoms. The van der Waals surface area contributed by atoms with E-state index >= 15 is 0 Å². The van der Waals surface area contributed by atoms with Crippen molar-refractivity contribution >= 4 is 15.9 Å². The second-order valence-electron chi connectivity index (χ2n) is 5.25. The molecule has 0 aliphatic carbocycles. The van der Waals surface area contributed by atoms with Crippen molar-refractivity contribution in [3.8, 4) is 0 Å². The van der Waals surface area contributed by atoms with Crippen molar-refractivity contribution in [3.05, 3.63) is 0 Å². The third-order valence-corrected chi connectivity index (χ3v) is 4.10. The third-order valence-electron chi connectivity index (χ3n) is 3.37. The topological polar surface area (TPSA) is 87.3 Å². The van der Waals surface area contributed by atoms with Crippen molar-refractivity contribution in [1.29, 1.82) is 0 Å². The first-order valence-electron chi connectivity index (χ1n) is 6.83. The number of nitrogens with one attached hydrogen (secondary N) is 3. The first-order valence-corrected chi connectivity index (χ1v) is 8.72. The summed E-state index contributed by atoms with van der Waals surface area (Å²) in [5.41, 5.74) is 0. The van der Waals surface area contributed by atoms with E-state index in [1.165, 1.54) is 12.8 Å². The summed E-state index contributed by atoms with van der Waals surface area (Å²) in [5.74, 6) is 0.567. The van der Waals surface area contributed by atoms with Crippen LogP contribution in [0.5, 0.6) is 0 Å². The maximum Gasteiger partial charge on any atom is 0.221 e. The lowest BCUT2D eigenvalue weighted by Gasteiger charge is -2.29. The smallest absolute Gasteiger partial charge is 0.221 e. The molecular weight excluding hydrogens is 266 g/mol. The average molecular weight is 291 g/mol. The van der Waals surface area contributed by atoms with E-state index in [4.69, 9.17) is 0 Å². The van der Waals surface area contributed by atoms with Crippen LogP contribution in [0.1, 0.15) is 32.6 Å². The van der Waals surface area contributed by atoms with Crippen LogP contribution in [0.2, 0.25) is 0 Å². The number of amides is 1. The van der Waals surface area contributed by atoms with Crippen LogP contribution in [-0.4, -0.2) is 46.3 Å². The molecule has 2 atom stereocenters. The van der Waals surface area contributed by atoms with Crippen molar-refractivity contribution < 1.29 is 13.2 Å². The van der Waals surface area contributed by atoms with Gasteiger partial charge in [-0.25, -0.2) is 13.1 Å². The highest BCUT2D eigenvalue weighted by molar-refractivity contribution is 7.88. The Kier molecular flexibility index (Phi) is 6.74. The number of carbonyl (C=O) groups excluding carboxylic acids is 1. The quantitative estimate of drug-likeness (QED) is 0.568. The molecule has 1 aliphatic heterocycles. The fourth-order valence-electron chi connectivity index (χ4n) is 2.23. The van der Waals surface area contributed by atoms with Crippen molar-refractivity contribution in [1.82, 2.24) is 15.4 Å². The van der Waals surface area contributed by atoms with E-state index in [1.54, 1.807) is 0 Å². The first kappa shape index (κ1) is 16.4. The molecule has 1 rings (SSSR count). The van der Waals surface area contributed by atoms with Gasteiger partial charge >= 0.3 is 0 Å². The molecule has 3 N–H and O–H groups in total. The van der Waals surface area contributed by atoms with Gasteiger partial charge in [0.15, 0.2) is 0 Å². The minimum Gasteiger partial charge on any atom is -0.356 e. The maximum atomic E-state index is 11.7. The van der Waals surface area contributed by atoms with Crippen LogP contribution in [0.15, 0.2) is 0 Å². The predicted octanol–water partition coefficient (Wildman–Crippen LogP) is -0.180. The molecule has 0 saturated carbocycles. The molecule has 6 nitrogen and oxygen atoms in total. The average Bonchev–Trinajstić information content (AvgIpc) is 2.30. The van der Waals surface area contributed by atoms with Gasteiger partial charge in [0, 0.05) is 25.6 Å². The van der Waals surface area contributed by atoms with Crippen molar-refractivity contribution in [2.45, 2.75) is 38.6 Å². The minimum absolute atomic E-state index is 0.0330. The Hall–Kier alpha value is -0.660. The Morgan fingerprint density at radius 3 is 2.74 bits per heavy atom. The third kappa shape index (κ3) is 7.49. The van der Waals surface area contributed by atoms with E-state index < -0.39 is 10.0 Å². The molecule has 0 spiro atoms. The van der Waals surface area contributed by atoms with Gasteiger partial charge in [-0.2, -0.15) is 0 Å². The lowest BCUT2D eigenvalue weighted by Crippen LogP contribution is -2.43. The Balaban J connectivity index is 2.11. The second kappa shape index (κ2) is 7.81. The Morgan fingerprint density at radius 2 is 2.11 bits per heavy atom. The first-order chi connectivity index (χ1) is 8.88. The molecular formula is C12H25N3O3S. The van der Waals surface area contributed by atoms with Gasteiger partial charge < -0.3 is 10.6 Å². The van der Waals surface area contributed by atoms with E-state index in [9.17, 15) is 13.2 Å². The monoisotopic (exact) mass is 291 g/mol. The summed E-state index contributed by atoms with van der Waals surface area (Å²) in [5, 5.41) is 6.19. The largest absolute Gasteiger partial charge is 0.356 e. The van der Waals surface area contributed by atoms with Crippen LogP contribution >= 0.6 is 0 Å². The molecule has 2 unspecified atom stereocenters. The summed E-state index contributed by atoms with van der Waals surface area (Å²) in [6.07, 6.45) is 4.58. The fourth-order valence-corrected chi connectivity index (χ4v) is 2.75. The van der Waals surface area contributed by atoms with E-state index in [1.807, 2.05) is 0 Å². The molecule has 1 aliphatic rings. The van der Waals surface area contributed by atoms with E-state index in [0.717, 1.165) is 12.8 Å². The van der Waals surface area contributed by atoms with E-state index in [2.05, 4.69) is 22.3 Å². The second-order valence-corrected chi connectivity index (χ2v) is 7.09. The summed E-state index contributed by atoms with van der Waals surface area (Å²) in [6, 6.07) is 0.267. The molecule has 1 saturated heterocycles. The van der Waals surface area contributed by atoms with E-state index in [0.29, 0.717) is 31.8 Å². The summed E-state index contributed by atoms with van der Waals surface area (Å²) in [6.45, 7) is 4.01. The van der Waals surface area contributed by atoms with E-state index in [-0.39, 0.29) is 11.9 Å². The van der Waals surface area contributed by atoms with Gasteiger partial charge in [-0.05, 0) is 31.7 Å². The standard InChI is InChI=1S/C12H25N3O3S/c1-10-5-3-6-13-11(10)9-12(16)14-7-4-8-15-19(2,17)18/h10-11,13,15H,3-9H2,1-2H3,(H,14,16). The lowest BCUT2D eigenvalue weighted by molar-refractivity contribution is -0.121. The molecule has 0 aromatic heterocycles. The molecule has 7 heteroatoms. The molecule has 1 heterocycles. The lowest BCUT2D eigenvalue weighted by atomic mass is 9.90. The van der Waals surface area contributed by atoms with Crippen molar-refractivity contribution in [3.63, 3.8) is 0 Å². The predicted molar refractivity (Wildman–Crippen MR) is 75.3 cm³/mol. The van der Waals surface area contributed by atoms with Crippen molar-refractivity contribution in [2.24, 2.45) is 5.92 Å². The highest BCUT2D eigenvalue weighted by Crippen LogP contribution is 2.17. The number of hydrogen-bond acceptors (Lipinski definition) is 4. The summed E-state index contributed by atoms with van der Waals surface area (Å²) >= 11 is 0. The zero-order valence-corrected chi connectivity index (χ0v) is 12.6. The minimum atomic E-state index is -3.13. The number of piperidine rings is 1. The molecule has 0 aromatic carbocycles. The summed E-state index contributed by atoms with van der Waals surface area (Å²) in [4.78, 5) is 11.7. The number of hydrogen-bond donors (Lipinski definition) is 3. The molecule has 19 heavy (non-hydrogen) atoms. The summed E-state index contributed by atoms with van der Waals surface area (Å²) < 4.78 is 24.0. The van der Waals surface area contributed by atoms with Gasteiger partial charge in [0.05, 0.1) is 6.26 Å². The Morgan fingerprint density at radius 1 is 1.37 bits per heavy atom. The summed E-state index contributed by atoms with van der Waals surface area (Å²) in [7, 11) is -3.13. The number of rotatable bonds is 7. The Bertz CT molecular complexity index is 384. The number of carbonyl (C=O) groups is 1. The normalized spacial score (nSPS) is 24.1. The Labute approximate surface area is 115 Å². The van der Waals surface area contributed by atoms with Gasteiger partial charge in [-0.3, -0.25) is 4.79 Å². The zero-order chi connectivity index (χ0) is 14.3. The van der Waals surface area contributed by atoms with Crippen LogP contribution in [-0.2, 0) is 14.8 Å². The SMILES string of the molecule is CC1CCCNC1CC(=O)NCCCNS(C)(=O)=O. The van der Waals surface area contributed by atoms with Crippen LogP contribution in [0.25, 0.3) is 0 Å². The maximum absolute atomic E-state index is 11.7. The molecule has 0 radical (unpaired) electrons. The zero-order valence-electron chi connectivity index (χ0n) is 11.7. The highest BCUT2D eigenvalue weighted by Gasteiger charge is 2.22. The van der Waals surface area contributed by atoms with Crippen LogP contribution in [0.4, 0.5) is 0 Å². The van der Waals surface area contributed by atoms with Gasteiger partial charge in [0.1, 0.15) is 0 Å². The van der Waals surface area contributed by atoms with Crippen molar-refractivity contribution in [2.75, 3.05) is 25.9 Å². The van der Waals surface area contributed by atoms with Crippen LogP contribution < -0.4 is 15.4 Å². The van der Waals surface area contributed by atoms with Crippen LogP contribution in [0, 0.1) is 5.92 Å². The van der Waals surface area contributed by atoms with Gasteiger partial charge in [0.25, 0.3) is 0 Å². The number of sulfonamides is 1. The van der Waals surface area contributed by atoms with Gasteiger partial charge in [0.2, 0.25) is 15.9 Å². The van der Waals surface area contributed by atoms with Gasteiger partial charge in [-0.15, -0.1) is 0 Å². The molecule has 1 fully saturated rings. The van der Waals surface area contributed by atoms with Crippen LogP contribution in [0.3, 0.4) is 0 Å². The highest BCUT2D eigenvalue weighted by atomic mass is 32.2.